The van der Waals surface area contributed by atoms with Gasteiger partial charge in [-0.1, -0.05) is 0 Å². The highest BCUT2D eigenvalue weighted by Crippen LogP contribution is 2.16. The number of hydrogen-bond donors (Lipinski definition) is 2. The maximum Gasteiger partial charge on any atom is 0.233 e. The Hall–Kier alpha value is -2.43. The molecule has 0 spiro atoms. The lowest BCUT2D eigenvalue weighted by molar-refractivity contribution is 0.103. The minimum Gasteiger partial charge on any atom is -0.397 e. The van der Waals surface area contributed by atoms with Gasteiger partial charge in [0, 0.05) is 12.4 Å². The van der Waals surface area contributed by atoms with Crippen molar-refractivity contribution < 1.29 is 4.79 Å². The molecule has 80 valence electrons. The Kier molecular flexibility index (Phi) is 2.51. The Morgan fingerprint density at radius 2 is 1.38 bits per heavy atom. The largest absolute Gasteiger partial charge is 0.397 e. The third kappa shape index (κ3) is 1.70. The monoisotopic (exact) mass is 214 g/mol. The van der Waals surface area contributed by atoms with E-state index in [1.165, 1.54) is 12.4 Å². The molecule has 2 heterocycles. The van der Waals surface area contributed by atoms with Crippen LogP contribution in [0.3, 0.4) is 0 Å². The minimum atomic E-state index is -0.365. The van der Waals surface area contributed by atoms with E-state index in [0.717, 1.165) is 0 Å². The first kappa shape index (κ1) is 10.1. The van der Waals surface area contributed by atoms with E-state index in [-0.39, 0.29) is 17.2 Å². The fourth-order valence-electron chi connectivity index (χ4n) is 1.33. The highest BCUT2D eigenvalue weighted by Gasteiger charge is 2.16. The standard InChI is InChI=1S/C11H10N4O/c12-7-3-1-5-14-9(7)11(16)10-8(13)4-2-6-15-10/h1-6H,12-13H2. The molecule has 4 N–H and O–H groups in total. The zero-order chi connectivity index (χ0) is 11.5. The summed E-state index contributed by atoms with van der Waals surface area (Å²) in [6, 6.07) is 6.54. The lowest BCUT2D eigenvalue weighted by atomic mass is 10.1. The average Bonchev–Trinajstić information content (AvgIpc) is 2.29. The molecule has 2 rings (SSSR count). The number of carbonyl (C=O) groups excluding carboxylic acids is 1. The van der Waals surface area contributed by atoms with E-state index in [9.17, 15) is 4.79 Å². The van der Waals surface area contributed by atoms with E-state index < -0.39 is 0 Å². The number of nitrogens with zero attached hydrogens (tertiary/aromatic N) is 2. The van der Waals surface area contributed by atoms with Gasteiger partial charge in [-0.3, -0.25) is 14.8 Å². The fourth-order valence-corrected chi connectivity index (χ4v) is 1.33. The van der Waals surface area contributed by atoms with Gasteiger partial charge in [0.2, 0.25) is 5.78 Å². The van der Waals surface area contributed by atoms with Crippen LogP contribution in [-0.2, 0) is 0 Å². The number of nitrogens with two attached hydrogens (primary N) is 2. The van der Waals surface area contributed by atoms with E-state index in [4.69, 9.17) is 11.5 Å². The third-order valence-electron chi connectivity index (χ3n) is 2.11. The summed E-state index contributed by atoms with van der Waals surface area (Å²) in [5.41, 5.74) is 12.3. The summed E-state index contributed by atoms with van der Waals surface area (Å²) in [5.74, 6) is -0.365. The van der Waals surface area contributed by atoms with Crippen molar-refractivity contribution in [2.75, 3.05) is 11.5 Å². The van der Waals surface area contributed by atoms with Gasteiger partial charge in [-0.25, -0.2) is 0 Å². The number of rotatable bonds is 2. The smallest absolute Gasteiger partial charge is 0.233 e. The van der Waals surface area contributed by atoms with Gasteiger partial charge in [0.15, 0.2) is 0 Å². The number of nitrogen functional groups attached to an aromatic ring is 2. The van der Waals surface area contributed by atoms with Crippen LogP contribution in [0, 0.1) is 0 Å². The average molecular weight is 214 g/mol. The molecule has 0 radical (unpaired) electrons. The second-order valence-electron chi connectivity index (χ2n) is 3.21. The van der Waals surface area contributed by atoms with E-state index in [0.29, 0.717) is 11.4 Å². The Labute approximate surface area is 92.1 Å². The number of aromatic nitrogens is 2. The minimum absolute atomic E-state index is 0.174. The quantitative estimate of drug-likeness (QED) is 0.723. The van der Waals surface area contributed by atoms with Crippen LogP contribution in [0.25, 0.3) is 0 Å². The van der Waals surface area contributed by atoms with Crippen molar-refractivity contribution in [3.8, 4) is 0 Å². The van der Waals surface area contributed by atoms with Crippen molar-refractivity contribution in [1.29, 1.82) is 0 Å². The topological polar surface area (TPSA) is 94.9 Å². The number of anilines is 2. The Morgan fingerprint density at radius 3 is 1.75 bits per heavy atom. The molecule has 0 atom stereocenters. The summed E-state index contributed by atoms with van der Waals surface area (Å²) in [5, 5.41) is 0. The van der Waals surface area contributed by atoms with Crippen molar-refractivity contribution in [1.82, 2.24) is 9.97 Å². The van der Waals surface area contributed by atoms with Gasteiger partial charge < -0.3 is 11.5 Å². The molecular weight excluding hydrogens is 204 g/mol. The molecule has 5 heteroatoms. The molecule has 0 aliphatic rings. The summed E-state index contributed by atoms with van der Waals surface area (Å²) < 4.78 is 0. The zero-order valence-corrected chi connectivity index (χ0v) is 8.42. The van der Waals surface area contributed by atoms with E-state index in [1.54, 1.807) is 24.3 Å². The normalized spacial score (nSPS) is 10.0. The van der Waals surface area contributed by atoms with Crippen LogP contribution in [0.2, 0.25) is 0 Å². The molecule has 0 aliphatic heterocycles. The molecule has 2 aromatic heterocycles. The SMILES string of the molecule is Nc1cccnc1C(=O)c1ncccc1N. The van der Waals surface area contributed by atoms with Crippen molar-refractivity contribution in [3.05, 3.63) is 48.0 Å². The summed E-state index contributed by atoms with van der Waals surface area (Å²) in [6.45, 7) is 0. The fraction of sp³-hybridized carbons (Fsp3) is 0. The van der Waals surface area contributed by atoms with Crippen LogP contribution in [0.1, 0.15) is 16.2 Å². The lowest BCUT2D eigenvalue weighted by Gasteiger charge is -2.04. The molecule has 16 heavy (non-hydrogen) atoms. The molecule has 0 bridgehead atoms. The van der Waals surface area contributed by atoms with Crippen LogP contribution in [0.15, 0.2) is 36.7 Å². The lowest BCUT2D eigenvalue weighted by Crippen LogP contribution is -2.11. The second kappa shape index (κ2) is 3.98. The van der Waals surface area contributed by atoms with Crippen molar-refractivity contribution >= 4 is 17.2 Å². The summed E-state index contributed by atoms with van der Waals surface area (Å²) in [4.78, 5) is 19.9. The maximum atomic E-state index is 12.0. The van der Waals surface area contributed by atoms with E-state index in [2.05, 4.69) is 9.97 Å². The molecule has 0 aromatic carbocycles. The van der Waals surface area contributed by atoms with Crippen molar-refractivity contribution in [2.45, 2.75) is 0 Å². The Balaban J connectivity index is 2.48. The highest BCUT2D eigenvalue weighted by atomic mass is 16.1. The molecule has 2 aromatic rings. The molecule has 0 saturated carbocycles. The van der Waals surface area contributed by atoms with Gasteiger partial charge in [0.25, 0.3) is 0 Å². The molecule has 5 nitrogen and oxygen atoms in total. The van der Waals surface area contributed by atoms with Crippen LogP contribution in [0.5, 0.6) is 0 Å². The Bertz CT molecular complexity index is 492. The number of ketones is 1. The predicted molar refractivity (Wildman–Crippen MR) is 60.7 cm³/mol. The Morgan fingerprint density at radius 1 is 0.938 bits per heavy atom. The van der Waals surface area contributed by atoms with Gasteiger partial charge >= 0.3 is 0 Å². The van der Waals surface area contributed by atoms with Crippen molar-refractivity contribution in [2.24, 2.45) is 0 Å². The highest BCUT2D eigenvalue weighted by molar-refractivity contribution is 6.12. The first-order chi connectivity index (χ1) is 7.70. The molecule has 0 fully saturated rings. The molecule has 0 saturated heterocycles. The first-order valence-electron chi connectivity index (χ1n) is 4.66. The predicted octanol–water partition coefficient (Wildman–Crippen LogP) is 0.872. The van der Waals surface area contributed by atoms with Gasteiger partial charge in [-0.2, -0.15) is 0 Å². The van der Waals surface area contributed by atoms with E-state index >= 15 is 0 Å². The molecule has 0 aliphatic carbocycles. The number of pyridine rings is 2. The molecule has 0 amide bonds. The van der Waals surface area contributed by atoms with E-state index in [1.807, 2.05) is 0 Å². The van der Waals surface area contributed by atoms with Gasteiger partial charge in [-0.15, -0.1) is 0 Å². The number of carbonyl (C=O) groups is 1. The summed E-state index contributed by atoms with van der Waals surface area (Å²) in [7, 11) is 0. The van der Waals surface area contributed by atoms with Crippen LogP contribution in [-0.4, -0.2) is 15.8 Å². The summed E-state index contributed by atoms with van der Waals surface area (Å²) >= 11 is 0. The molecular formula is C11H10N4O. The maximum absolute atomic E-state index is 12.0. The number of hydrogen-bond acceptors (Lipinski definition) is 5. The summed E-state index contributed by atoms with van der Waals surface area (Å²) in [6.07, 6.45) is 3.01. The van der Waals surface area contributed by atoms with Crippen LogP contribution < -0.4 is 11.5 Å². The third-order valence-corrected chi connectivity index (χ3v) is 2.11. The second-order valence-corrected chi connectivity index (χ2v) is 3.21. The molecule has 0 unspecified atom stereocenters. The first-order valence-corrected chi connectivity index (χ1v) is 4.66. The van der Waals surface area contributed by atoms with Crippen LogP contribution in [0.4, 0.5) is 11.4 Å². The van der Waals surface area contributed by atoms with Crippen LogP contribution >= 0.6 is 0 Å². The van der Waals surface area contributed by atoms with Gasteiger partial charge in [0.05, 0.1) is 11.4 Å². The zero-order valence-electron chi connectivity index (χ0n) is 8.42. The van der Waals surface area contributed by atoms with Gasteiger partial charge in [0.1, 0.15) is 11.4 Å². The van der Waals surface area contributed by atoms with Crippen molar-refractivity contribution in [3.63, 3.8) is 0 Å². The van der Waals surface area contributed by atoms with Gasteiger partial charge in [-0.05, 0) is 24.3 Å².